The van der Waals surface area contributed by atoms with E-state index in [4.69, 9.17) is 9.84 Å². The van der Waals surface area contributed by atoms with Crippen LogP contribution in [0.3, 0.4) is 0 Å². The van der Waals surface area contributed by atoms with Crippen molar-refractivity contribution in [3.8, 4) is 0 Å². The van der Waals surface area contributed by atoms with Gasteiger partial charge in [-0.25, -0.2) is 0 Å². The van der Waals surface area contributed by atoms with Crippen LogP contribution in [0.4, 0.5) is 0 Å². The van der Waals surface area contributed by atoms with Crippen molar-refractivity contribution in [2.75, 3.05) is 13.7 Å². The van der Waals surface area contributed by atoms with Crippen LogP contribution >= 0.6 is 0 Å². The lowest BCUT2D eigenvalue weighted by molar-refractivity contribution is -0.141. The second kappa shape index (κ2) is 5.09. The molecule has 6 nitrogen and oxygen atoms in total. The van der Waals surface area contributed by atoms with Crippen molar-refractivity contribution in [3.63, 3.8) is 0 Å². The summed E-state index contributed by atoms with van der Waals surface area (Å²) in [5.41, 5.74) is 0. The summed E-state index contributed by atoms with van der Waals surface area (Å²) < 4.78 is 5.09. The largest absolute Gasteiger partial charge is 0.480 e. The Morgan fingerprint density at radius 3 is 2.73 bits per heavy atom. The van der Waals surface area contributed by atoms with Crippen molar-refractivity contribution in [2.24, 2.45) is 0 Å². The maximum absolute atomic E-state index is 11.5. The van der Waals surface area contributed by atoms with Gasteiger partial charge in [0.15, 0.2) is 0 Å². The number of carboxylic acids is 1. The third-order valence-electron chi connectivity index (χ3n) is 2.47. The van der Waals surface area contributed by atoms with Crippen LogP contribution in [0.2, 0.25) is 0 Å². The number of carbonyl (C=O) groups excluding carboxylic acids is 1. The van der Waals surface area contributed by atoms with Crippen molar-refractivity contribution in [2.45, 2.75) is 31.5 Å². The summed E-state index contributed by atoms with van der Waals surface area (Å²) in [5.74, 6) is -1.32. The Morgan fingerprint density at radius 1 is 1.60 bits per heavy atom. The number of aliphatic carboxylic acids is 1. The van der Waals surface area contributed by atoms with Gasteiger partial charge in [-0.15, -0.1) is 0 Å². The van der Waals surface area contributed by atoms with Gasteiger partial charge in [-0.3, -0.25) is 9.59 Å². The first kappa shape index (κ1) is 11.9. The van der Waals surface area contributed by atoms with Gasteiger partial charge in [0.05, 0.1) is 12.1 Å². The minimum Gasteiger partial charge on any atom is -0.480 e. The number of ether oxygens (including phenoxy) is 1. The van der Waals surface area contributed by atoms with Crippen LogP contribution in [0, 0.1) is 0 Å². The summed E-state index contributed by atoms with van der Waals surface area (Å²) in [4.78, 5) is 22.0. The molecule has 0 aliphatic carbocycles. The predicted molar refractivity (Wildman–Crippen MR) is 52.4 cm³/mol. The van der Waals surface area contributed by atoms with E-state index < -0.39 is 12.0 Å². The Kier molecular flexibility index (Phi) is 4.05. The number of carboxylic acid groups (broad SMARTS) is 1. The lowest BCUT2D eigenvalue weighted by Crippen LogP contribution is -2.46. The summed E-state index contributed by atoms with van der Waals surface area (Å²) in [5, 5.41) is 14.0. The highest BCUT2D eigenvalue weighted by Gasteiger charge is 2.30. The second-order valence-corrected chi connectivity index (χ2v) is 3.62. The number of rotatable bonds is 4. The Balaban J connectivity index is 2.38. The Morgan fingerprint density at radius 2 is 2.27 bits per heavy atom. The van der Waals surface area contributed by atoms with Crippen molar-refractivity contribution in [3.05, 3.63) is 0 Å². The molecule has 3 N–H and O–H groups in total. The minimum absolute atomic E-state index is 0.0286. The summed E-state index contributed by atoms with van der Waals surface area (Å²) in [7, 11) is 1.59. The van der Waals surface area contributed by atoms with E-state index >= 15 is 0 Å². The zero-order valence-electron chi connectivity index (χ0n) is 8.82. The lowest BCUT2D eigenvalue weighted by Gasteiger charge is -2.13. The van der Waals surface area contributed by atoms with Gasteiger partial charge in [-0.05, 0) is 13.3 Å². The van der Waals surface area contributed by atoms with E-state index in [1.807, 2.05) is 0 Å². The zero-order chi connectivity index (χ0) is 11.4. The van der Waals surface area contributed by atoms with Crippen LogP contribution < -0.4 is 10.6 Å². The van der Waals surface area contributed by atoms with Gasteiger partial charge < -0.3 is 20.5 Å². The highest BCUT2D eigenvalue weighted by Crippen LogP contribution is 2.09. The van der Waals surface area contributed by atoms with Gasteiger partial charge in [0.2, 0.25) is 5.91 Å². The minimum atomic E-state index is -1.04. The second-order valence-electron chi connectivity index (χ2n) is 3.62. The van der Waals surface area contributed by atoms with E-state index in [1.165, 1.54) is 6.92 Å². The molecule has 1 heterocycles. The molecule has 0 aromatic heterocycles. The topological polar surface area (TPSA) is 87.7 Å². The molecule has 1 saturated heterocycles. The van der Waals surface area contributed by atoms with Crippen LogP contribution in [0.15, 0.2) is 0 Å². The predicted octanol–water partition coefficient (Wildman–Crippen LogP) is -1.05. The van der Waals surface area contributed by atoms with Crippen LogP contribution in [0.5, 0.6) is 0 Å². The first-order valence-electron chi connectivity index (χ1n) is 4.84. The molecular formula is C9H16N2O4. The molecule has 0 aromatic rings. The number of hydrogen-bond donors (Lipinski definition) is 3. The summed E-state index contributed by atoms with van der Waals surface area (Å²) in [6.07, 6.45) is 0.607. The molecule has 6 heteroatoms. The molecule has 0 aromatic carbocycles. The number of amides is 1. The zero-order valence-corrected chi connectivity index (χ0v) is 8.82. The molecule has 1 fully saturated rings. The van der Waals surface area contributed by atoms with Gasteiger partial charge in [-0.2, -0.15) is 0 Å². The summed E-state index contributed by atoms with van der Waals surface area (Å²) in [6, 6.07) is -1.21. The first-order valence-corrected chi connectivity index (χ1v) is 4.84. The average molecular weight is 216 g/mol. The van der Waals surface area contributed by atoms with E-state index in [0.29, 0.717) is 13.0 Å². The Labute approximate surface area is 88.0 Å². The van der Waals surface area contributed by atoms with E-state index in [-0.39, 0.29) is 18.1 Å². The smallest absolute Gasteiger partial charge is 0.325 e. The van der Waals surface area contributed by atoms with Crippen LogP contribution in [-0.2, 0) is 14.3 Å². The standard InChI is InChI=1S/C9H16N2O4/c1-5(9(13)14)11-8(12)7-3-6(15-2)4-10-7/h5-7,10H,3-4H2,1-2H3,(H,11,12)(H,13,14). The van der Waals surface area contributed by atoms with Crippen LogP contribution in [0.1, 0.15) is 13.3 Å². The lowest BCUT2D eigenvalue weighted by atomic mass is 10.2. The van der Waals surface area contributed by atoms with Gasteiger partial charge in [0.25, 0.3) is 0 Å². The molecular weight excluding hydrogens is 200 g/mol. The number of carbonyl (C=O) groups is 2. The molecule has 1 aliphatic heterocycles. The summed E-state index contributed by atoms with van der Waals surface area (Å²) >= 11 is 0. The first-order chi connectivity index (χ1) is 7.04. The molecule has 1 aliphatic rings. The van der Waals surface area contributed by atoms with Gasteiger partial charge >= 0.3 is 5.97 Å². The number of nitrogens with one attached hydrogen (secondary N) is 2. The fourth-order valence-electron chi connectivity index (χ4n) is 1.46. The SMILES string of the molecule is COC1CNC(C(=O)NC(C)C(=O)O)C1. The highest BCUT2D eigenvalue weighted by atomic mass is 16.5. The number of methoxy groups -OCH3 is 1. The maximum atomic E-state index is 11.5. The quantitative estimate of drug-likeness (QED) is 0.558. The van der Waals surface area contributed by atoms with Crippen molar-refractivity contribution in [1.29, 1.82) is 0 Å². The van der Waals surface area contributed by atoms with Gasteiger partial charge in [-0.1, -0.05) is 0 Å². The van der Waals surface area contributed by atoms with Crippen LogP contribution in [0.25, 0.3) is 0 Å². The van der Waals surface area contributed by atoms with E-state index in [2.05, 4.69) is 10.6 Å². The molecule has 3 unspecified atom stereocenters. The van der Waals surface area contributed by atoms with Crippen molar-refractivity contribution >= 4 is 11.9 Å². The summed E-state index contributed by atoms with van der Waals surface area (Å²) in [6.45, 7) is 2.05. The molecule has 0 spiro atoms. The molecule has 0 bridgehead atoms. The Bertz CT molecular complexity index is 256. The molecule has 15 heavy (non-hydrogen) atoms. The van der Waals surface area contributed by atoms with E-state index in [9.17, 15) is 9.59 Å². The third kappa shape index (κ3) is 3.17. The van der Waals surface area contributed by atoms with Crippen molar-refractivity contribution in [1.82, 2.24) is 10.6 Å². The maximum Gasteiger partial charge on any atom is 0.325 e. The van der Waals surface area contributed by atoms with Gasteiger partial charge in [0, 0.05) is 13.7 Å². The average Bonchev–Trinajstić information content (AvgIpc) is 2.65. The fourth-order valence-corrected chi connectivity index (χ4v) is 1.46. The molecule has 1 rings (SSSR count). The molecule has 0 saturated carbocycles. The van der Waals surface area contributed by atoms with E-state index in [1.54, 1.807) is 7.11 Å². The van der Waals surface area contributed by atoms with Gasteiger partial charge in [0.1, 0.15) is 6.04 Å². The van der Waals surface area contributed by atoms with Crippen LogP contribution in [-0.4, -0.2) is 48.8 Å². The monoisotopic (exact) mass is 216 g/mol. The van der Waals surface area contributed by atoms with Crippen molar-refractivity contribution < 1.29 is 19.4 Å². The molecule has 0 radical (unpaired) electrons. The Hall–Kier alpha value is -1.14. The molecule has 86 valence electrons. The highest BCUT2D eigenvalue weighted by molar-refractivity contribution is 5.86. The molecule has 1 amide bonds. The third-order valence-corrected chi connectivity index (χ3v) is 2.47. The normalized spacial score (nSPS) is 27.3. The number of hydrogen-bond acceptors (Lipinski definition) is 4. The fraction of sp³-hybridized carbons (Fsp3) is 0.778. The van der Waals surface area contributed by atoms with E-state index in [0.717, 1.165) is 0 Å². The molecule has 3 atom stereocenters.